The highest BCUT2D eigenvalue weighted by molar-refractivity contribution is 7.89. The van der Waals surface area contributed by atoms with E-state index >= 15 is 0 Å². The average Bonchev–Trinajstić information content (AvgIpc) is 2.67. The van der Waals surface area contributed by atoms with Crippen LogP contribution in [0.5, 0.6) is 5.75 Å². The molecule has 1 saturated heterocycles. The molecule has 1 aliphatic rings. The first-order chi connectivity index (χ1) is 12.9. The van der Waals surface area contributed by atoms with Crippen LogP contribution in [0.25, 0.3) is 0 Å². The number of carbonyl (C=O) groups is 1. The summed E-state index contributed by atoms with van der Waals surface area (Å²) in [6, 6.07) is 6.75. The number of quaternary nitrogens is 1. The van der Waals surface area contributed by atoms with Crippen LogP contribution in [0.2, 0.25) is 0 Å². The van der Waals surface area contributed by atoms with Crippen LogP contribution in [0, 0.1) is 0 Å². The van der Waals surface area contributed by atoms with Gasteiger partial charge in [-0.05, 0) is 44.0 Å². The van der Waals surface area contributed by atoms with E-state index < -0.39 is 10.0 Å². The van der Waals surface area contributed by atoms with Crippen molar-refractivity contribution in [2.45, 2.75) is 44.6 Å². The summed E-state index contributed by atoms with van der Waals surface area (Å²) < 4.78 is 32.5. The van der Waals surface area contributed by atoms with Gasteiger partial charge in [-0.1, -0.05) is 13.8 Å². The van der Waals surface area contributed by atoms with Crippen molar-refractivity contribution in [1.82, 2.24) is 9.62 Å². The standard InChI is InChI=1S/C19H31N3O4S/c1-4-16(5-2)20-19(23)15-21-11-13-22(14-12-21)27(24,25)18-9-7-17(8-10-18)26-6-3/h7-10,16H,4-6,11-15H2,1-3H3,(H,20,23)/p+1. The number of ether oxygens (including phenoxy) is 1. The molecular formula is C19H32N3O4S+. The van der Waals surface area contributed by atoms with Gasteiger partial charge in [0.2, 0.25) is 10.0 Å². The molecule has 152 valence electrons. The minimum atomic E-state index is -3.51. The van der Waals surface area contributed by atoms with Crippen LogP contribution in [0.15, 0.2) is 29.2 Å². The van der Waals surface area contributed by atoms with E-state index in [9.17, 15) is 13.2 Å². The Labute approximate surface area is 162 Å². The number of benzene rings is 1. The van der Waals surface area contributed by atoms with E-state index in [1.165, 1.54) is 4.31 Å². The lowest BCUT2D eigenvalue weighted by atomic mass is 10.2. The molecule has 7 nitrogen and oxygen atoms in total. The molecule has 2 N–H and O–H groups in total. The SMILES string of the molecule is CCOc1ccc(S(=O)(=O)N2CC[NH+](CC(=O)NC(CC)CC)CC2)cc1. The summed E-state index contributed by atoms with van der Waals surface area (Å²) in [6.07, 6.45) is 1.84. The molecule has 0 saturated carbocycles. The van der Waals surface area contributed by atoms with Gasteiger partial charge in [0.25, 0.3) is 5.91 Å². The van der Waals surface area contributed by atoms with Gasteiger partial charge in [0.1, 0.15) is 5.75 Å². The monoisotopic (exact) mass is 398 g/mol. The number of hydrogen-bond donors (Lipinski definition) is 2. The zero-order valence-corrected chi connectivity index (χ0v) is 17.3. The van der Waals surface area contributed by atoms with E-state index in [1.807, 2.05) is 6.92 Å². The van der Waals surface area contributed by atoms with E-state index in [2.05, 4.69) is 19.2 Å². The Kier molecular flexibility index (Phi) is 8.07. The largest absolute Gasteiger partial charge is 0.494 e. The molecular weight excluding hydrogens is 366 g/mol. The maximum Gasteiger partial charge on any atom is 0.275 e. The molecule has 1 heterocycles. The van der Waals surface area contributed by atoms with Crippen molar-refractivity contribution in [1.29, 1.82) is 0 Å². The van der Waals surface area contributed by atoms with Crippen LogP contribution in [0.4, 0.5) is 0 Å². The molecule has 8 heteroatoms. The molecule has 1 amide bonds. The van der Waals surface area contributed by atoms with Gasteiger partial charge in [-0.3, -0.25) is 4.79 Å². The number of sulfonamides is 1. The Morgan fingerprint density at radius 2 is 1.74 bits per heavy atom. The van der Waals surface area contributed by atoms with Crippen molar-refractivity contribution < 1.29 is 22.8 Å². The second kappa shape index (κ2) is 10.1. The Balaban J connectivity index is 1.89. The smallest absolute Gasteiger partial charge is 0.275 e. The fourth-order valence-corrected chi connectivity index (χ4v) is 4.68. The third-order valence-electron chi connectivity index (χ3n) is 4.96. The summed E-state index contributed by atoms with van der Waals surface area (Å²) in [5.41, 5.74) is 0. The molecule has 0 bridgehead atoms. The quantitative estimate of drug-likeness (QED) is 0.626. The minimum absolute atomic E-state index is 0.0431. The van der Waals surface area contributed by atoms with E-state index in [4.69, 9.17) is 4.74 Å². The number of rotatable bonds is 9. The molecule has 0 aliphatic carbocycles. The molecule has 27 heavy (non-hydrogen) atoms. The number of piperazine rings is 1. The van der Waals surface area contributed by atoms with Gasteiger partial charge in [-0.15, -0.1) is 0 Å². The second-order valence-electron chi connectivity index (χ2n) is 6.82. The highest BCUT2D eigenvalue weighted by Gasteiger charge is 2.31. The fraction of sp³-hybridized carbons (Fsp3) is 0.632. The molecule has 0 unspecified atom stereocenters. The number of nitrogens with one attached hydrogen (secondary N) is 2. The summed E-state index contributed by atoms with van der Waals surface area (Å²) in [5.74, 6) is 0.704. The summed E-state index contributed by atoms with van der Waals surface area (Å²) in [6.45, 7) is 9.05. The molecule has 1 fully saturated rings. The molecule has 1 aromatic carbocycles. The van der Waals surface area contributed by atoms with Gasteiger partial charge in [0.05, 0.1) is 37.7 Å². The Bertz CT molecular complexity index is 694. The summed E-state index contributed by atoms with van der Waals surface area (Å²) in [5, 5.41) is 3.04. The van der Waals surface area contributed by atoms with E-state index in [1.54, 1.807) is 24.3 Å². The molecule has 0 spiro atoms. The lowest BCUT2D eigenvalue weighted by molar-refractivity contribution is -0.895. The Morgan fingerprint density at radius 1 is 1.15 bits per heavy atom. The maximum absolute atomic E-state index is 12.8. The van der Waals surface area contributed by atoms with Gasteiger partial charge in [-0.25, -0.2) is 8.42 Å². The van der Waals surface area contributed by atoms with Gasteiger partial charge < -0.3 is 15.0 Å². The van der Waals surface area contributed by atoms with Crippen molar-refractivity contribution in [3.8, 4) is 5.75 Å². The van der Waals surface area contributed by atoms with Crippen LogP contribution in [0.1, 0.15) is 33.6 Å². The van der Waals surface area contributed by atoms with Crippen LogP contribution >= 0.6 is 0 Å². The second-order valence-corrected chi connectivity index (χ2v) is 8.75. The summed E-state index contributed by atoms with van der Waals surface area (Å²) in [4.78, 5) is 13.5. The van der Waals surface area contributed by atoms with Gasteiger partial charge in [-0.2, -0.15) is 4.31 Å². The van der Waals surface area contributed by atoms with Crippen LogP contribution in [-0.4, -0.2) is 64.0 Å². The minimum Gasteiger partial charge on any atom is -0.494 e. The van der Waals surface area contributed by atoms with Crippen molar-refractivity contribution in [2.24, 2.45) is 0 Å². The van der Waals surface area contributed by atoms with Crippen LogP contribution in [0.3, 0.4) is 0 Å². The van der Waals surface area contributed by atoms with Gasteiger partial charge in [0.15, 0.2) is 6.54 Å². The first kappa shape index (κ1) is 21.7. The number of carbonyl (C=O) groups excluding carboxylic acids is 1. The van der Waals surface area contributed by atoms with Gasteiger partial charge in [0, 0.05) is 6.04 Å². The molecule has 0 atom stereocenters. The zero-order chi connectivity index (χ0) is 19.9. The summed E-state index contributed by atoms with van der Waals surface area (Å²) >= 11 is 0. The van der Waals surface area contributed by atoms with Crippen molar-refractivity contribution in [3.63, 3.8) is 0 Å². The molecule has 0 radical (unpaired) electrons. The van der Waals surface area contributed by atoms with Crippen LogP contribution < -0.4 is 15.0 Å². The molecule has 0 aromatic heterocycles. The number of nitrogens with zero attached hydrogens (tertiary/aromatic N) is 1. The number of hydrogen-bond acceptors (Lipinski definition) is 4. The topological polar surface area (TPSA) is 80.2 Å². The van der Waals surface area contributed by atoms with E-state index in [0.717, 1.165) is 17.7 Å². The fourth-order valence-electron chi connectivity index (χ4n) is 3.24. The van der Waals surface area contributed by atoms with E-state index in [0.29, 0.717) is 45.1 Å². The lowest BCUT2D eigenvalue weighted by Crippen LogP contribution is -3.15. The third kappa shape index (κ3) is 5.92. The summed E-state index contributed by atoms with van der Waals surface area (Å²) in [7, 11) is -3.51. The third-order valence-corrected chi connectivity index (χ3v) is 6.88. The van der Waals surface area contributed by atoms with Crippen molar-refractivity contribution >= 4 is 15.9 Å². The van der Waals surface area contributed by atoms with Crippen LogP contribution in [-0.2, 0) is 14.8 Å². The van der Waals surface area contributed by atoms with E-state index in [-0.39, 0.29) is 16.8 Å². The zero-order valence-electron chi connectivity index (χ0n) is 16.5. The highest BCUT2D eigenvalue weighted by atomic mass is 32.2. The Hall–Kier alpha value is -1.64. The average molecular weight is 399 g/mol. The van der Waals surface area contributed by atoms with Crippen molar-refractivity contribution in [3.05, 3.63) is 24.3 Å². The first-order valence-electron chi connectivity index (χ1n) is 9.76. The normalized spacial score (nSPS) is 16.4. The van der Waals surface area contributed by atoms with Crippen molar-refractivity contribution in [2.75, 3.05) is 39.3 Å². The highest BCUT2D eigenvalue weighted by Crippen LogP contribution is 2.19. The molecule has 1 aliphatic heterocycles. The van der Waals surface area contributed by atoms with Gasteiger partial charge >= 0.3 is 0 Å². The molecule has 1 aromatic rings. The lowest BCUT2D eigenvalue weighted by Gasteiger charge is -2.31. The first-order valence-corrected chi connectivity index (χ1v) is 11.2. The predicted octanol–water partition coefficient (Wildman–Crippen LogP) is 0.279. The maximum atomic E-state index is 12.8. The molecule has 2 rings (SSSR count). The number of amides is 1. The predicted molar refractivity (Wildman–Crippen MR) is 104 cm³/mol. The Morgan fingerprint density at radius 3 is 2.26 bits per heavy atom.